The molecule has 1 amide bonds. The number of amides is 1. The molecule has 0 aromatic heterocycles. The van der Waals surface area contributed by atoms with Crippen molar-refractivity contribution in [3.8, 4) is 0 Å². The second-order valence-corrected chi connectivity index (χ2v) is 4.57. The number of benzene rings is 1. The van der Waals surface area contributed by atoms with Crippen molar-refractivity contribution < 1.29 is 9.18 Å². The summed E-state index contributed by atoms with van der Waals surface area (Å²) in [5.74, 6) is -1.01. The minimum Gasteiger partial charge on any atom is -0.370 e. The van der Waals surface area contributed by atoms with Crippen LogP contribution < -0.4 is 5.73 Å². The molecule has 5 nitrogen and oxygen atoms in total. The lowest BCUT2D eigenvalue weighted by Crippen LogP contribution is -2.13. The second-order valence-electron chi connectivity index (χ2n) is 4.57. The van der Waals surface area contributed by atoms with E-state index in [9.17, 15) is 9.18 Å². The number of aliphatic imine (C=N–C) groups is 1. The Balaban J connectivity index is 2.97. The molecule has 0 aliphatic heterocycles. The van der Waals surface area contributed by atoms with Crippen LogP contribution in [0, 0.1) is 16.6 Å². The number of hydrogen-bond donors (Lipinski definition) is 3. The van der Waals surface area contributed by atoms with Crippen molar-refractivity contribution in [1.82, 2.24) is 0 Å². The smallest absolute Gasteiger partial charge is 0.217 e. The molecule has 116 valence electrons. The van der Waals surface area contributed by atoms with Crippen molar-refractivity contribution >= 4 is 29.6 Å². The summed E-state index contributed by atoms with van der Waals surface area (Å²) in [4.78, 5) is 14.7. The average Bonchev–Trinajstić information content (AvgIpc) is 2.49. The molecule has 22 heavy (non-hydrogen) atoms. The summed E-state index contributed by atoms with van der Waals surface area (Å²) in [6.07, 6.45) is 4.60. The highest BCUT2D eigenvalue weighted by atomic mass is 19.1. The van der Waals surface area contributed by atoms with Gasteiger partial charge in [0, 0.05) is 23.9 Å². The molecule has 1 aromatic carbocycles. The highest BCUT2D eigenvalue weighted by Gasteiger charge is 2.10. The largest absolute Gasteiger partial charge is 0.370 e. The maximum absolute atomic E-state index is 14.2. The molecule has 0 fully saturated rings. The summed E-state index contributed by atoms with van der Waals surface area (Å²) in [6, 6.07) is 4.36. The number of carbonyl (C=O) groups is 1. The SMILES string of the molecule is CC=NC/C=C(\C=N)c1ccc(C(=N)CCC(N)=O)cc1F. The van der Waals surface area contributed by atoms with E-state index in [0.29, 0.717) is 17.7 Å². The monoisotopic (exact) mass is 302 g/mol. The molecule has 4 N–H and O–H groups in total. The van der Waals surface area contributed by atoms with Gasteiger partial charge >= 0.3 is 0 Å². The molecular formula is C16H19FN4O. The van der Waals surface area contributed by atoms with Crippen LogP contribution in [0.5, 0.6) is 0 Å². The number of allylic oxidation sites excluding steroid dienone is 1. The molecule has 0 radical (unpaired) electrons. The Hall–Kier alpha value is -2.63. The number of halogens is 1. The Labute approximate surface area is 128 Å². The fourth-order valence-electron chi connectivity index (χ4n) is 1.83. The normalized spacial score (nSPS) is 11.6. The average molecular weight is 302 g/mol. The molecule has 1 rings (SSSR count). The summed E-state index contributed by atoms with van der Waals surface area (Å²) < 4.78 is 14.2. The first-order valence-electron chi connectivity index (χ1n) is 6.80. The van der Waals surface area contributed by atoms with E-state index in [1.165, 1.54) is 12.1 Å². The third kappa shape index (κ3) is 5.05. The van der Waals surface area contributed by atoms with Crippen LogP contribution in [0.4, 0.5) is 4.39 Å². The zero-order valence-corrected chi connectivity index (χ0v) is 12.4. The summed E-state index contributed by atoms with van der Waals surface area (Å²) in [5.41, 5.74) is 6.30. The van der Waals surface area contributed by atoms with Gasteiger partial charge in [0.2, 0.25) is 5.91 Å². The topological polar surface area (TPSA) is 103 Å². The van der Waals surface area contributed by atoms with Gasteiger partial charge in [-0.05, 0) is 36.8 Å². The van der Waals surface area contributed by atoms with Crippen LogP contribution in [-0.2, 0) is 4.79 Å². The van der Waals surface area contributed by atoms with Gasteiger partial charge in [0.1, 0.15) is 5.82 Å². The minimum absolute atomic E-state index is 0.0584. The summed E-state index contributed by atoms with van der Waals surface area (Å²) in [6.45, 7) is 2.15. The van der Waals surface area contributed by atoms with Gasteiger partial charge in [0.15, 0.2) is 0 Å². The maximum Gasteiger partial charge on any atom is 0.217 e. The highest BCUT2D eigenvalue weighted by molar-refractivity contribution is 6.09. The summed E-state index contributed by atoms with van der Waals surface area (Å²) in [5, 5.41) is 15.2. The lowest BCUT2D eigenvalue weighted by Gasteiger charge is -2.07. The molecule has 0 aliphatic rings. The number of rotatable bonds is 8. The lowest BCUT2D eigenvalue weighted by atomic mass is 10.00. The molecule has 0 unspecified atom stereocenters. The van der Waals surface area contributed by atoms with E-state index in [0.717, 1.165) is 6.21 Å². The summed E-state index contributed by atoms with van der Waals surface area (Å²) >= 11 is 0. The number of carbonyl (C=O) groups excluding carboxylic acids is 1. The van der Waals surface area contributed by atoms with E-state index in [1.807, 2.05) is 0 Å². The number of nitrogens with one attached hydrogen (secondary N) is 2. The fraction of sp³-hybridized carbons (Fsp3) is 0.250. The molecule has 0 saturated carbocycles. The number of nitrogens with zero attached hydrogens (tertiary/aromatic N) is 1. The van der Waals surface area contributed by atoms with Crippen molar-refractivity contribution in [3.05, 3.63) is 41.2 Å². The van der Waals surface area contributed by atoms with Crippen molar-refractivity contribution in [2.45, 2.75) is 19.8 Å². The molecule has 0 heterocycles. The Morgan fingerprint density at radius 2 is 2.14 bits per heavy atom. The van der Waals surface area contributed by atoms with Crippen LogP contribution in [0.3, 0.4) is 0 Å². The van der Waals surface area contributed by atoms with Crippen molar-refractivity contribution in [1.29, 1.82) is 10.8 Å². The van der Waals surface area contributed by atoms with Crippen LogP contribution in [-0.4, -0.2) is 30.6 Å². The Morgan fingerprint density at radius 3 is 2.68 bits per heavy atom. The molecule has 6 heteroatoms. The Bertz CT molecular complexity index is 635. The van der Waals surface area contributed by atoms with E-state index in [-0.39, 0.29) is 24.1 Å². The molecule has 0 aliphatic carbocycles. The third-order valence-corrected chi connectivity index (χ3v) is 3.00. The fourth-order valence-corrected chi connectivity index (χ4v) is 1.83. The van der Waals surface area contributed by atoms with E-state index >= 15 is 0 Å². The molecule has 0 bridgehead atoms. The van der Waals surface area contributed by atoms with Gasteiger partial charge in [-0.1, -0.05) is 18.2 Å². The Morgan fingerprint density at radius 1 is 1.41 bits per heavy atom. The first kappa shape index (κ1) is 17.4. The number of primary amides is 1. The van der Waals surface area contributed by atoms with Crippen LogP contribution >= 0.6 is 0 Å². The lowest BCUT2D eigenvalue weighted by molar-refractivity contribution is -0.117. The molecule has 0 atom stereocenters. The van der Waals surface area contributed by atoms with Crippen molar-refractivity contribution in [2.24, 2.45) is 10.7 Å². The van der Waals surface area contributed by atoms with E-state index in [2.05, 4.69) is 4.99 Å². The predicted molar refractivity (Wildman–Crippen MR) is 87.5 cm³/mol. The highest BCUT2D eigenvalue weighted by Crippen LogP contribution is 2.19. The first-order chi connectivity index (χ1) is 10.5. The third-order valence-electron chi connectivity index (χ3n) is 3.00. The predicted octanol–water partition coefficient (Wildman–Crippen LogP) is 2.58. The van der Waals surface area contributed by atoms with E-state index in [4.69, 9.17) is 16.6 Å². The van der Waals surface area contributed by atoms with Crippen LogP contribution in [0.1, 0.15) is 30.9 Å². The second kappa shape index (κ2) is 8.61. The Kier molecular flexibility index (Phi) is 6.82. The molecule has 0 spiro atoms. The number of nitrogens with two attached hydrogens (primary N) is 1. The van der Waals surface area contributed by atoms with Gasteiger partial charge in [-0.2, -0.15) is 0 Å². The quantitative estimate of drug-likeness (QED) is 0.631. The first-order valence-corrected chi connectivity index (χ1v) is 6.80. The molecule has 0 saturated heterocycles. The van der Waals surface area contributed by atoms with E-state index < -0.39 is 11.7 Å². The van der Waals surface area contributed by atoms with Crippen molar-refractivity contribution in [3.63, 3.8) is 0 Å². The zero-order valence-electron chi connectivity index (χ0n) is 12.4. The van der Waals surface area contributed by atoms with Gasteiger partial charge in [-0.25, -0.2) is 4.39 Å². The standard InChI is InChI=1S/C16H19FN4O/c1-2-21-8-7-12(10-18)13-4-3-11(9-14(13)17)15(19)5-6-16(20)22/h2-4,7,9-10,18-19H,5-6,8H2,1H3,(H2,20,22)/b12-7+,18-10?,19-15?,21-2?. The molecular weight excluding hydrogens is 283 g/mol. The van der Waals surface area contributed by atoms with Gasteiger partial charge in [-0.15, -0.1) is 0 Å². The van der Waals surface area contributed by atoms with Crippen LogP contribution in [0.15, 0.2) is 29.3 Å². The van der Waals surface area contributed by atoms with Crippen LogP contribution in [0.2, 0.25) is 0 Å². The minimum atomic E-state index is -0.517. The maximum atomic E-state index is 14.2. The zero-order chi connectivity index (χ0) is 16.5. The van der Waals surface area contributed by atoms with Gasteiger partial charge in [0.05, 0.1) is 6.54 Å². The van der Waals surface area contributed by atoms with E-state index in [1.54, 1.807) is 25.3 Å². The van der Waals surface area contributed by atoms with Crippen LogP contribution in [0.25, 0.3) is 5.57 Å². The molecule has 1 aromatic rings. The van der Waals surface area contributed by atoms with Crippen molar-refractivity contribution in [2.75, 3.05) is 6.54 Å². The van der Waals surface area contributed by atoms with Gasteiger partial charge in [-0.3, -0.25) is 9.79 Å². The van der Waals surface area contributed by atoms with Gasteiger partial charge in [0.25, 0.3) is 0 Å². The van der Waals surface area contributed by atoms with Gasteiger partial charge < -0.3 is 16.6 Å². The number of hydrogen-bond acceptors (Lipinski definition) is 4. The summed E-state index contributed by atoms with van der Waals surface area (Å²) in [7, 11) is 0.